The number of aromatic nitrogens is 2. The molecule has 3 aromatic rings. The first-order valence-electron chi connectivity index (χ1n) is 8.33. The molecule has 0 bridgehead atoms. The molecule has 0 radical (unpaired) electrons. The van der Waals surface area contributed by atoms with Crippen LogP contribution in [0.4, 0.5) is 10.2 Å². The molecule has 1 N–H and O–H groups in total. The van der Waals surface area contributed by atoms with E-state index in [2.05, 4.69) is 27.4 Å². The molecule has 0 fully saturated rings. The van der Waals surface area contributed by atoms with Crippen LogP contribution in [-0.4, -0.2) is 16.5 Å². The second-order valence-corrected chi connectivity index (χ2v) is 6.09. The van der Waals surface area contributed by atoms with Crippen LogP contribution >= 0.6 is 0 Å². The second kappa shape index (κ2) is 6.89. The van der Waals surface area contributed by atoms with Crippen molar-refractivity contribution in [1.82, 2.24) is 9.97 Å². The van der Waals surface area contributed by atoms with E-state index in [9.17, 15) is 4.39 Å². The van der Waals surface area contributed by atoms with Gasteiger partial charge in [0.15, 0.2) is 0 Å². The number of ether oxygens (including phenoxy) is 1. The van der Waals surface area contributed by atoms with Gasteiger partial charge in [-0.1, -0.05) is 0 Å². The average molecular weight is 335 g/mol. The van der Waals surface area contributed by atoms with Crippen LogP contribution in [-0.2, 0) is 13.0 Å². The molecule has 5 heteroatoms. The van der Waals surface area contributed by atoms with Gasteiger partial charge in [0.1, 0.15) is 24.0 Å². The summed E-state index contributed by atoms with van der Waals surface area (Å²) >= 11 is 0. The van der Waals surface area contributed by atoms with Crippen molar-refractivity contribution >= 4 is 5.82 Å². The summed E-state index contributed by atoms with van der Waals surface area (Å²) in [6, 6.07) is 10.2. The highest BCUT2D eigenvalue weighted by Gasteiger charge is 2.11. The van der Waals surface area contributed by atoms with Gasteiger partial charge in [0.25, 0.3) is 0 Å². The first-order valence-corrected chi connectivity index (χ1v) is 8.33. The van der Waals surface area contributed by atoms with Crippen molar-refractivity contribution in [3.8, 4) is 16.9 Å². The summed E-state index contributed by atoms with van der Waals surface area (Å²) < 4.78 is 18.6. The Morgan fingerprint density at radius 1 is 1.04 bits per heavy atom. The van der Waals surface area contributed by atoms with Crippen molar-refractivity contribution in [1.29, 1.82) is 0 Å². The standard InChI is InChI=1S/C20H18FN3O/c21-18-3-5-19(6-4-18)25-13-14-8-16(11-22-10-14)17-9-15-2-1-7-23-20(15)24-12-17/h3-6,8-12H,1-2,7,13H2,(H,23,24). The quantitative estimate of drug-likeness (QED) is 0.775. The summed E-state index contributed by atoms with van der Waals surface area (Å²) in [6.07, 6.45) is 7.66. The maximum Gasteiger partial charge on any atom is 0.129 e. The van der Waals surface area contributed by atoms with Gasteiger partial charge >= 0.3 is 0 Å². The van der Waals surface area contributed by atoms with Crippen LogP contribution in [0.15, 0.2) is 55.0 Å². The van der Waals surface area contributed by atoms with E-state index < -0.39 is 0 Å². The molecule has 0 saturated heterocycles. The number of aryl methyl sites for hydroxylation is 1. The number of nitrogens with one attached hydrogen (secondary N) is 1. The first kappa shape index (κ1) is 15.6. The zero-order valence-corrected chi connectivity index (χ0v) is 13.7. The number of anilines is 1. The van der Waals surface area contributed by atoms with Crippen molar-refractivity contribution in [2.75, 3.05) is 11.9 Å². The monoisotopic (exact) mass is 335 g/mol. The predicted molar refractivity (Wildman–Crippen MR) is 95.0 cm³/mol. The third kappa shape index (κ3) is 3.60. The van der Waals surface area contributed by atoms with Gasteiger partial charge in [0.05, 0.1) is 0 Å². The lowest BCUT2D eigenvalue weighted by atomic mass is 10.0. The Hall–Kier alpha value is -2.95. The largest absolute Gasteiger partial charge is 0.489 e. The molecule has 0 unspecified atom stereocenters. The van der Waals surface area contributed by atoms with E-state index in [1.165, 1.54) is 17.7 Å². The Bertz CT molecular complexity index is 880. The van der Waals surface area contributed by atoms with E-state index >= 15 is 0 Å². The van der Waals surface area contributed by atoms with Crippen LogP contribution in [0.5, 0.6) is 5.75 Å². The van der Waals surface area contributed by atoms with Crippen LogP contribution in [0.25, 0.3) is 11.1 Å². The van der Waals surface area contributed by atoms with Gasteiger partial charge in [-0.25, -0.2) is 9.37 Å². The number of fused-ring (bicyclic) bond motifs is 1. The van der Waals surface area contributed by atoms with Crippen LogP contribution in [0.3, 0.4) is 0 Å². The summed E-state index contributed by atoms with van der Waals surface area (Å²) in [5.41, 5.74) is 4.27. The molecule has 1 aromatic carbocycles. The summed E-state index contributed by atoms with van der Waals surface area (Å²) in [7, 11) is 0. The minimum Gasteiger partial charge on any atom is -0.489 e. The molecule has 1 aliphatic heterocycles. The van der Waals surface area contributed by atoms with Crippen molar-refractivity contribution < 1.29 is 9.13 Å². The van der Waals surface area contributed by atoms with E-state index in [0.29, 0.717) is 12.4 Å². The Kier molecular flexibility index (Phi) is 4.29. The number of halogens is 1. The molecule has 0 atom stereocenters. The second-order valence-electron chi connectivity index (χ2n) is 6.09. The molecule has 25 heavy (non-hydrogen) atoms. The lowest BCUT2D eigenvalue weighted by Gasteiger charge is -2.17. The highest BCUT2D eigenvalue weighted by Crippen LogP contribution is 2.26. The van der Waals surface area contributed by atoms with Gasteiger partial charge in [0, 0.05) is 41.8 Å². The molecule has 0 aliphatic carbocycles. The smallest absolute Gasteiger partial charge is 0.129 e. The maximum absolute atomic E-state index is 12.9. The zero-order chi connectivity index (χ0) is 17.1. The molecule has 0 saturated carbocycles. The minimum atomic E-state index is -0.273. The summed E-state index contributed by atoms with van der Waals surface area (Å²) in [6.45, 7) is 1.36. The van der Waals surface area contributed by atoms with Crippen molar-refractivity contribution in [2.24, 2.45) is 0 Å². The van der Waals surface area contributed by atoms with E-state index in [1.807, 2.05) is 12.4 Å². The first-order chi connectivity index (χ1) is 12.3. The fourth-order valence-corrected chi connectivity index (χ4v) is 2.93. The lowest BCUT2D eigenvalue weighted by molar-refractivity contribution is 0.305. The Morgan fingerprint density at radius 3 is 2.76 bits per heavy atom. The Morgan fingerprint density at radius 2 is 1.88 bits per heavy atom. The predicted octanol–water partition coefficient (Wildman–Crippen LogP) is 4.22. The topological polar surface area (TPSA) is 47.0 Å². The van der Waals surface area contributed by atoms with Gasteiger partial charge in [-0.05, 0) is 54.8 Å². The van der Waals surface area contributed by atoms with Gasteiger partial charge < -0.3 is 10.1 Å². The third-order valence-electron chi connectivity index (χ3n) is 4.23. The third-order valence-corrected chi connectivity index (χ3v) is 4.23. The summed E-state index contributed by atoms with van der Waals surface area (Å²) in [4.78, 5) is 8.84. The molecular formula is C20H18FN3O. The van der Waals surface area contributed by atoms with Crippen molar-refractivity contribution in [2.45, 2.75) is 19.4 Å². The van der Waals surface area contributed by atoms with Crippen molar-refractivity contribution in [3.05, 3.63) is 71.9 Å². The van der Waals surface area contributed by atoms with E-state index in [4.69, 9.17) is 4.74 Å². The molecular weight excluding hydrogens is 317 g/mol. The highest BCUT2D eigenvalue weighted by molar-refractivity contribution is 5.66. The zero-order valence-electron chi connectivity index (χ0n) is 13.7. The van der Waals surface area contributed by atoms with E-state index in [1.54, 1.807) is 18.3 Å². The van der Waals surface area contributed by atoms with Gasteiger partial charge in [-0.3, -0.25) is 4.98 Å². The molecule has 3 heterocycles. The molecule has 2 aromatic heterocycles. The highest BCUT2D eigenvalue weighted by atomic mass is 19.1. The normalized spacial score (nSPS) is 13.0. The number of hydrogen-bond donors (Lipinski definition) is 1. The molecule has 4 rings (SSSR count). The van der Waals surface area contributed by atoms with Crippen LogP contribution in [0.2, 0.25) is 0 Å². The average Bonchev–Trinajstić information content (AvgIpc) is 2.67. The van der Waals surface area contributed by atoms with E-state index in [-0.39, 0.29) is 5.82 Å². The number of benzene rings is 1. The van der Waals surface area contributed by atoms with Crippen LogP contribution < -0.4 is 10.1 Å². The van der Waals surface area contributed by atoms with Crippen LogP contribution in [0, 0.1) is 5.82 Å². The molecule has 1 aliphatic rings. The number of hydrogen-bond acceptors (Lipinski definition) is 4. The Labute approximate surface area is 145 Å². The minimum absolute atomic E-state index is 0.273. The van der Waals surface area contributed by atoms with Gasteiger partial charge in [0.2, 0.25) is 0 Å². The van der Waals surface area contributed by atoms with Gasteiger partial charge in [-0.15, -0.1) is 0 Å². The SMILES string of the molecule is Fc1ccc(OCc2cncc(-c3cnc4c(c3)CCCN4)c2)cc1. The van der Waals surface area contributed by atoms with Gasteiger partial charge in [-0.2, -0.15) is 0 Å². The molecule has 126 valence electrons. The fraction of sp³-hybridized carbons (Fsp3) is 0.200. The van der Waals surface area contributed by atoms with Crippen molar-refractivity contribution in [3.63, 3.8) is 0 Å². The molecule has 0 amide bonds. The number of nitrogens with zero attached hydrogens (tertiary/aromatic N) is 2. The maximum atomic E-state index is 12.9. The summed E-state index contributed by atoms with van der Waals surface area (Å²) in [5, 5.41) is 3.32. The van der Waals surface area contributed by atoms with Crippen LogP contribution in [0.1, 0.15) is 17.5 Å². The summed E-state index contributed by atoms with van der Waals surface area (Å²) in [5.74, 6) is 1.34. The Balaban J connectivity index is 1.52. The molecule has 4 nitrogen and oxygen atoms in total. The number of rotatable bonds is 4. The fourth-order valence-electron chi connectivity index (χ4n) is 2.93. The van der Waals surface area contributed by atoms with E-state index in [0.717, 1.165) is 41.9 Å². The number of pyridine rings is 2. The lowest BCUT2D eigenvalue weighted by Crippen LogP contribution is -2.13. The molecule has 0 spiro atoms.